The highest BCUT2D eigenvalue weighted by molar-refractivity contribution is 5.73. The van der Waals surface area contributed by atoms with Gasteiger partial charge in [-0.1, -0.05) is 6.07 Å². The Labute approximate surface area is 131 Å². The van der Waals surface area contributed by atoms with Crippen LogP contribution in [-0.2, 0) is 11.3 Å². The monoisotopic (exact) mass is 308 g/mol. The molecule has 1 atom stereocenters. The summed E-state index contributed by atoms with van der Waals surface area (Å²) < 4.78 is 10.5. The highest BCUT2D eigenvalue weighted by Crippen LogP contribution is 2.12. The third-order valence-electron chi connectivity index (χ3n) is 3.71. The molecule has 2 N–H and O–H groups in total. The van der Waals surface area contributed by atoms with Gasteiger partial charge in [-0.25, -0.2) is 9.78 Å². The van der Waals surface area contributed by atoms with Crippen molar-refractivity contribution in [3.05, 3.63) is 23.9 Å². The number of nitrogens with zero attached hydrogens (tertiary/aromatic N) is 2. The molecule has 0 aromatic carbocycles. The van der Waals surface area contributed by atoms with Gasteiger partial charge in [0.2, 0.25) is 5.88 Å². The minimum Gasteiger partial charge on any atom is -0.481 e. The van der Waals surface area contributed by atoms with Crippen molar-refractivity contribution in [1.82, 2.24) is 20.5 Å². The van der Waals surface area contributed by atoms with E-state index in [2.05, 4.69) is 27.4 Å². The Hall–Kier alpha value is -1.86. The molecule has 22 heavy (non-hydrogen) atoms. The first-order valence-corrected chi connectivity index (χ1v) is 7.52. The second-order valence-electron chi connectivity index (χ2n) is 5.23. The summed E-state index contributed by atoms with van der Waals surface area (Å²) >= 11 is 0. The summed E-state index contributed by atoms with van der Waals surface area (Å²) in [6.07, 6.45) is 1.66. The lowest BCUT2D eigenvalue weighted by atomic mass is 10.2. The molecule has 122 valence electrons. The number of methoxy groups -OCH3 is 1. The summed E-state index contributed by atoms with van der Waals surface area (Å²) in [5.74, 6) is 0.532. The van der Waals surface area contributed by atoms with E-state index in [9.17, 15) is 4.79 Å². The molecule has 2 rings (SSSR count). The van der Waals surface area contributed by atoms with Crippen LogP contribution in [0.3, 0.4) is 0 Å². The smallest absolute Gasteiger partial charge is 0.315 e. The molecule has 7 nitrogen and oxygen atoms in total. The third-order valence-corrected chi connectivity index (χ3v) is 3.71. The van der Waals surface area contributed by atoms with Crippen LogP contribution in [0.15, 0.2) is 18.3 Å². The molecule has 7 heteroatoms. The molecule has 1 fully saturated rings. The number of rotatable bonds is 6. The van der Waals surface area contributed by atoms with E-state index in [4.69, 9.17) is 9.47 Å². The number of pyridine rings is 1. The van der Waals surface area contributed by atoms with Crippen LogP contribution in [0.2, 0.25) is 0 Å². The average Bonchev–Trinajstić information content (AvgIpc) is 2.58. The lowest BCUT2D eigenvalue weighted by molar-refractivity contribution is 0.0209. The first kappa shape index (κ1) is 16.5. The van der Waals surface area contributed by atoms with Gasteiger partial charge in [0.05, 0.1) is 20.3 Å². The maximum Gasteiger partial charge on any atom is 0.315 e. The van der Waals surface area contributed by atoms with Crippen LogP contribution < -0.4 is 15.4 Å². The fourth-order valence-corrected chi connectivity index (χ4v) is 2.37. The zero-order chi connectivity index (χ0) is 15.8. The van der Waals surface area contributed by atoms with Gasteiger partial charge >= 0.3 is 6.03 Å². The normalized spacial score (nSPS) is 16.8. The highest BCUT2D eigenvalue weighted by Gasteiger charge is 2.17. The van der Waals surface area contributed by atoms with E-state index in [0.717, 1.165) is 31.9 Å². The van der Waals surface area contributed by atoms with Crippen molar-refractivity contribution < 1.29 is 14.3 Å². The Balaban J connectivity index is 1.71. The number of morpholine rings is 1. The molecule has 2 amide bonds. The van der Waals surface area contributed by atoms with Crippen molar-refractivity contribution in [3.8, 4) is 5.88 Å². The number of nitrogens with one attached hydrogen (secondary N) is 2. The van der Waals surface area contributed by atoms with Gasteiger partial charge < -0.3 is 20.1 Å². The van der Waals surface area contributed by atoms with Gasteiger partial charge in [0.1, 0.15) is 0 Å². The predicted octanol–water partition coefficient (Wildman–Crippen LogP) is 0.610. The Morgan fingerprint density at radius 2 is 2.23 bits per heavy atom. The lowest BCUT2D eigenvalue weighted by Gasteiger charge is -2.32. The summed E-state index contributed by atoms with van der Waals surface area (Å²) in [5, 5.41) is 5.71. The number of aromatic nitrogens is 1. The summed E-state index contributed by atoms with van der Waals surface area (Å²) in [5.41, 5.74) is 0.848. The van der Waals surface area contributed by atoms with Crippen LogP contribution in [0.4, 0.5) is 4.79 Å². The summed E-state index contributed by atoms with van der Waals surface area (Å²) in [6.45, 7) is 6.45. The molecule has 0 radical (unpaired) electrons. The SMILES string of the molecule is COc1ncccc1CNC(=O)NCC(C)N1CCOCC1. The number of carbonyl (C=O) groups is 1. The number of hydrogen-bond acceptors (Lipinski definition) is 5. The number of urea groups is 1. The molecule has 1 aromatic rings. The Morgan fingerprint density at radius 1 is 1.45 bits per heavy atom. The minimum atomic E-state index is -0.189. The van der Waals surface area contributed by atoms with E-state index in [1.165, 1.54) is 0 Å². The maximum atomic E-state index is 11.9. The number of hydrogen-bond donors (Lipinski definition) is 2. The molecule has 1 aromatic heterocycles. The zero-order valence-electron chi connectivity index (χ0n) is 13.2. The second-order valence-corrected chi connectivity index (χ2v) is 5.23. The molecule has 0 aliphatic carbocycles. The minimum absolute atomic E-state index is 0.189. The van der Waals surface area contributed by atoms with Crippen molar-refractivity contribution in [1.29, 1.82) is 0 Å². The van der Waals surface area contributed by atoms with Crippen LogP contribution in [0.25, 0.3) is 0 Å². The topological polar surface area (TPSA) is 75.7 Å². The van der Waals surface area contributed by atoms with E-state index < -0.39 is 0 Å². The van der Waals surface area contributed by atoms with Gasteiger partial charge in [-0.3, -0.25) is 4.90 Å². The number of amides is 2. The molecule has 1 unspecified atom stereocenters. The molecule has 0 bridgehead atoms. The van der Waals surface area contributed by atoms with Crippen molar-refractivity contribution in [2.45, 2.75) is 19.5 Å². The molecule has 1 saturated heterocycles. The quantitative estimate of drug-likeness (QED) is 0.805. The lowest BCUT2D eigenvalue weighted by Crippen LogP contribution is -2.48. The van der Waals surface area contributed by atoms with Crippen molar-refractivity contribution in [2.75, 3.05) is 40.0 Å². The first-order valence-electron chi connectivity index (χ1n) is 7.52. The van der Waals surface area contributed by atoms with Gasteiger partial charge in [-0.15, -0.1) is 0 Å². The molecule has 1 aliphatic rings. The van der Waals surface area contributed by atoms with Gasteiger partial charge in [0.15, 0.2) is 0 Å². The summed E-state index contributed by atoms with van der Waals surface area (Å²) in [7, 11) is 1.57. The fraction of sp³-hybridized carbons (Fsp3) is 0.600. The number of ether oxygens (including phenoxy) is 2. The van der Waals surface area contributed by atoms with E-state index in [1.807, 2.05) is 12.1 Å². The Bertz CT molecular complexity index is 478. The summed E-state index contributed by atoms with van der Waals surface area (Å²) in [6, 6.07) is 3.80. The van der Waals surface area contributed by atoms with E-state index in [-0.39, 0.29) is 6.03 Å². The van der Waals surface area contributed by atoms with Gasteiger partial charge in [0, 0.05) is 44.0 Å². The maximum absolute atomic E-state index is 11.9. The van der Waals surface area contributed by atoms with E-state index in [1.54, 1.807) is 13.3 Å². The Morgan fingerprint density at radius 3 is 2.95 bits per heavy atom. The Kier molecular flexibility index (Phi) is 6.42. The van der Waals surface area contributed by atoms with E-state index in [0.29, 0.717) is 25.0 Å². The zero-order valence-corrected chi connectivity index (χ0v) is 13.2. The van der Waals surface area contributed by atoms with Crippen LogP contribution >= 0.6 is 0 Å². The average molecular weight is 308 g/mol. The predicted molar refractivity (Wildman–Crippen MR) is 82.9 cm³/mol. The molecule has 1 aliphatic heterocycles. The van der Waals surface area contributed by atoms with Crippen LogP contribution in [0.1, 0.15) is 12.5 Å². The molecular formula is C15H24N4O3. The first-order chi connectivity index (χ1) is 10.7. The molecule has 0 spiro atoms. The van der Waals surface area contributed by atoms with Crippen molar-refractivity contribution >= 4 is 6.03 Å². The second kappa shape index (κ2) is 8.55. The largest absolute Gasteiger partial charge is 0.481 e. The number of carbonyl (C=O) groups excluding carboxylic acids is 1. The molecular weight excluding hydrogens is 284 g/mol. The van der Waals surface area contributed by atoms with Gasteiger partial charge in [-0.05, 0) is 13.0 Å². The van der Waals surface area contributed by atoms with Gasteiger partial charge in [0.25, 0.3) is 0 Å². The molecule has 2 heterocycles. The van der Waals surface area contributed by atoms with E-state index >= 15 is 0 Å². The van der Waals surface area contributed by atoms with Crippen molar-refractivity contribution in [2.24, 2.45) is 0 Å². The third kappa shape index (κ3) is 4.85. The van der Waals surface area contributed by atoms with Crippen molar-refractivity contribution in [3.63, 3.8) is 0 Å². The fourth-order valence-electron chi connectivity index (χ4n) is 2.37. The summed E-state index contributed by atoms with van der Waals surface area (Å²) in [4.78, 5) is 18.3. The highest BCUT2D eigenvalue weighted by atomic mass is 16.5. The standard InChI is InChI=1S/C15H24N4O3/c1-12(19-6-8-22-9-7-19)10-17-15(20)18-11-13-4-3-5-16-14(13)21-2/h3-5,12H,6-11H2,1-2H3,(H2,17,18,20). The van der Waals surface area contributed by atoms with Crippen LogP contribution in [0, 0.1) is 0 Å². The molecule has 0 saturated carbocycles. The van der Waals surface area contributed by atoms with Gasteiger partial charge in [-0.2, -0.15) is 0 Å². The van der Waals surface area contributed by atoms with Crippen LogP contribution in [-0.4, -0.2) is 61.9 Å². The van der Waals surface area contributed by atoms with Crippen LogP contribution in [0.5, 0.6) is 5.88 Å².